The average Bonchev–Trinajstić information content (AvgIpc) is 2.96. The molecule has 1 fully saturated rings. The van der Waals surface area contributed by atoms with Crippen molar-refractivity contribution in [2.45, 2.75) is 37.0 Å². The molecule has 1 aliphatic heterocycles. The fourth-order valence-electron chi connectivity index (χ4n) is 3.27. The molecule has 1 aliphatic rings. The first-order valence-corrected chi connectivity index (χ1v) is 11.1. The van der Waals surface area contributed by atoms with Crippen molar-refractivity contribution in [2.75, 3.05) is 19.3 Å². The van der Waals surface area contributed by atoms with E-state index in [1.54, 1.807) is 11.3 Å². The smallest absolute Gasteiger partial charge is 0.241 e. The number of amides is 1. The van der Waals surface area contributed by atoms with Gasteiger partial charge in [0.1, 0.15) is 0 Å². The molecule has 1 atom stereocenters. The standard InChI is InChI=1S/C17H23N3O3S2/c1-12(11-15-20-13-5-3-4-6-14(13)24-15)19-16(21)17(25(2,22)23)7-9-18-10-8-17/h3-6,12,18H,7-11H2,1-2H3,(H,19,21). The Balaban J connectivity index is 1.72. The Morgan fingerprint density at radius 1 is 1.36 bits per heavy atom. The van der Waals surface area contributed by atoms with Crippen molar-refractivity contribution in [3.63, 3.8) is 0 Å². The highest BCUT2D eigenvalue weighted by molar-refractivity contribution is 7.92. The second kappa shape index (κ2) is 7.01. The van der Waals surface area contributed by atoms with E-state index in [9.17, 15) is 13.2 Å². The quantitative estimate of drug-likeness (QED) is 0.820. The second-order valence-corrected chi connectivity index (χ2v) is 10.1. The molecule has 2 heterocycles. The molecule has 0 spiro atoms. The highest BCUT2D eigenvalue weighted by Gasteiger charge is 2.48. The van der Waals surface area contributed by atoms with Crippen LogP contribution < -0.4 is 10.6 Å². The van der Waals surface area contributed by atoms with Gasteiger partial charge in [0, 0.05) is 18.7 Å². The van der Waals surface area contributed by atoms with E-state index in [0.29, 0.717) is 32.4 Å². The van der Waals surface area contributed by atoms with E-state index in [1.807, 2.05) is 31.2 Å². The first-order valence-electron chi connectivity index (χ1n) is 8.37. The summed E-state index contributed by atoms with van der Waals surface area (Å²) in [6, 6.07) is 7.73. The van der Waals surface area contributed by atoms with E-state index < -0.39 is 14.6 Å². The lowest BCUT2D eigenvalue weighted by atomic mass is 9.95. The molecule has 1 aromatic carbocycles. The van der Waals surface area contributed by atoms with Crippen LogP contribution in [0.3, 0.4) is 0 Å². The van der Waals surface area contributed by atoms with Crippen LogP contribution in [-0.4, -0.2) is 49.4 Å². The van der Waals surface area contributed by atoms with E-state index >= 15 is 0 Å². The van der Waals surface area contributed by atoms with Gasteiger partial charge in [-0.3, -0.25) is 4.79 Å². The average molecular weight is 382 g/mol. The molecule has 0 aliphatic carbocycles. The Labute approximate surface area is 152 Å². The third kappa shape index (κ3) is 3.70. The Kier molecular flexibility index (Phi) is 5.13. The summed E-state index contributed by atoms with van der Waals surface area (Å²) in [4.78, 5) is 17.4. The molecule has 0 bridgehead atoms. The van der Waals surface area contributed by atoms with Gasteiger partial charge < -0.3 is 10.6 Å². The first-order chi connectivity index (χ1) is 11.8. The fourth-order valence-corrected chi connectivity index (χ4v) is 5.71. The van der Waals surface area contributed by atoms with Crippen molar-refractivity contribution in [2.24, 2.45) is 0 Å². The number of nitrogens with one attached hydrogen (secondary N) is 2. The summed E-state index contributed by atoms with van der Waals surface area (Å²) in [5.74, 6) is -0.384. The number of nitrogens with zero attached hydrogens (tertiary/aromatic N) is 1. The Morgan fingerprint density at radius 3 is 2.68 bits per heavy atom. The minimum absolute atomic E-state index is 0.179. The molecule has 3 rings (SSSR count). The van der Waals surface area contributed by atoms with Gasteiger partial charge >= 0.3 is 0 Å². The summed E-state index contributed by atoms with van der Waals surface area (Å²) >= 11 is 1.60. The number of carbonyl (C=O) groups is 1. The monoisotopic (exact) mass is 381 g/mol. The summed E-state index contributed by atoms with van der Waals surface area (Å²) in [5.41, 5.74) is 0.951. The van der Waals surface area contributed by atoms with Crippen LogP contribution in [0.4, 0.5) is 0 Å². The minimum Gasteiger partial charge on any atom is -0.352 e. The lowest BCUT2D eigenvalue weighted by molar-refractivity contribution is -0.124. The number of sulfone groups is 1. The van der Waals surface area contributed by atoms with Crippen LogP contribution in [0.2, 0.25) is 0 Å². The van der Waals surface area contributed by atoms with Gasteiger partial charge in [-0.05, 0) is 45.0 Å². The third-order valence-corrected chi connectivity index (χ3v) is 7.80. The van der Waals surface area contributed by atoms with E-state index in [4.69, 9.17) is 0 Å². The van der Waals surface area contributed by atoms with Crippen LogP contribution in [-0.2, 0) is 21.1 Å². The normalized spacial score (nSPS) is 18.8. The highest BCUT2D eigenvalue weighted by Crippen LogP contribution is 2.28. The maximum Gasteiger partial charge on any atom is 0.241 e. The molecule has 6 nitrogen and oxygen atoms in total. The van der Waals surface area contributed by atoms with E-state index in [1.165, 1.54) is 0 Å². The molecule has 2 N–H and O–H groups in total. The third-order valence-electron chi connectivity index (χ3n) is 4.73. The number of hydrogen-bond acceptors (Lipinski definition) is 6. The molecule has 8 heteroatoms. The number of hydrogen-bond donors (Lipinski definition) is 2. The molecule has 2 aromatic rings. The summed E-state index contributed by atoms with van der Waals surface area (Å²) in [6.07, 6.45) is 2.37. The summed E-state index contributed by atoms with van der Waals surface area (Å²) in [7, 11) is -3.49. The van der Waals surface area contributed by atoms with Gasteiger partial charge in [0.05, 0.1) is 15.2 Å². The van der Waals surface area contributed by atoms with Gasteiger partial charge in [0.25, 0.3) is 0 Å². The molecule has 136 valence electrons. The van der Waals surface area contributed by atoms with E-state index in [0.717, 1.165) is 21.5 Å². The lowest BCUT2D eigenvalue weighted by Gasteiger charge is -2.35. The number of thiazole rings is 1. The van der Waals surface area contributed by atoms with E-state index in [-0.39, 0.29) is 11.9 Å². The van der Waals surface area contributed by atoms with Crippen molar-refractivity contribution < 1.29 is 13.2 Å². The number of piperidine rings is 1. The zero-order chi connectivity index (χ0) is 18.1. The minimum atomic E-state index is -3.49. The predicted molar refractivity (Wildman–Crippen MR) is 101 cm³/mol. The van der Waals surface area contributed by atoms with Gasteiger partial charge in [0.15, 0.2) is 14.6 Å². The SMILES string of the molecule is CC(Cc1nc2ccccc2s1)NC(=O)C1(S(C)(=O)=O)CCNCC1. The predicted octanol–water partition coefficient (Wildman–Crippen LogP) is 1.51. The molecule has 0 radical (unpaired) electrons. The van der Waals surface area contributed by atoms with Gasteiger partial charge in [-0.25, -0.2) is 13.4 Å². The maximum absolute atomic E-state index is 12.8. The van der Waals surface area contributed by atoms with Crippen molar-refractivity contribution in [1.82, 2.24) is 15.6 Å². The zero-order valence-corrected chi connectivity index (χ0v) is 16.0. The van der Waals surface area contributed by atoms with Crippen LogP contribution in [0, 0.1) is 0 Å². The Bertz CT molecular complexity index is 837. The Hall–Kier alpha value is -1.51. The maximum atomic E-state index is 12.8. The number of aromatic nitrogens is 1. The summed E-state index contributed by atoms with van der Waals surface area (Å²) < 4.78 is 24.4. The number of carbonyl (C=O) groups excluding carboxylic acids is 1. The van der Waals surface area contributed by atoms with Crippen molar-refractivity contribution in [3.05, 3.63) is 29.3 Å². The van der Waals surface area contributed by atoms with Gasteiger partial charge in [-0.1, -0.05) is 12.1 Å². The topological polar surface area (TPSA) is 88.2 Å². The Morgan fingerprint density at radius 2 is 2.04 bits per heavy atom. The van der Waals surface area contributed by atoms with E-state index in [2.05, 4.69) is 15.6 Å². The van der Waals surface area contributed by atoms with Crippen LogP contribution in [0.1, 0.15) is 24.8 Å². The van der Waals surface area contributed by atoms with Gasteiger partial charge in [0.2, 0.25) is 5.91 Å². The van der Waals surface area contributed by atoms with Gasteiger partial charge in [-0.2, -0.15) is 0 Å². The molecule has 1 amide bonds. The van der Waals surface area contributed by atoms with Crippen molar-refractivity contribution in [1.29, 1.82) is 0 Å². The number of benzene rings is 1. The largest absolute Gasteiger partial charge is 0.352 e. The van der Waals surface area contributed by atoms with Crippen molar-refractivity contribution in [3.8, 4) is 0 Å². The molecule has 1 saturated heterocycles. The molecular formula is C17H23N3O3S2. The highest BCUT2D eigenvalue weighted by atomic mass is 32.2. The molecule has 0 saturated carbocycles. The first kappa shape index (κ1) is 18.3. The van der Waals surface area contributed by atoms with Crippen LogP contribution >= 0.6 is 11.3 Å². The number of fused-ring (bicyclic) bond motifs is 1. The van der Waals surface area contributed by atoms with Crippen LogP contribution in [0.5, 0.6) is 0 Å². The lowest BCUT2D eigenvalue weighted by Crippen LogP contribution is -2.58. The number of rotatable bonds is 5. The molecule has 1 unspecified atom stereocenters. The molecule has 25 heavy (non-hydrogen) atoms. The second-order valence-electron chi connectivity index (χ2n) is 6.67. The molecule has 1 aromatic heterocycles. The van der Waals surface area contributed by atoms with Crippen LogP contribution in [0.15, 0.2) is 24.3 Å². The summed E-state index contributed by atoms with van der Waals surface area (Å²) in [6.45, 7) is 2.96. The summed E-state index contributed by atoms with van der Waals surface area (Å²) in [5, 5.41) is 6.97. The molecular weight excluding hydrogens is 358 g/mol. The zero-order valence-electron chi connectivity index (χ0n) is 14.4. The number of para-hydroxylation sites is 1. The van der Waals surface area contributed by atoms with Crippen LogP contribution in [0.25, 0.3) is 10.2 Å². The van der Waals surface area contributed by atoms with Gasteiger partial charge in [-0.15, -0.1) is 11.3 Å². The van der Waals surface area contributed by atoms with Crippen molar-refractivity contribution >= 4 is 37.3 Å². The fraction of sp³-hybridized carbons (Fsp3) is 0.529.